The number of para-hydroxylation sites is 1. The van der Waals surface area contributed by atoms with Crippen molar-refractivity contribution < 1.29 is 0 Å². The SMILES string of the molecule is [C-]#[N+]c1ccccc1/C(C)=C/c1ccccc1. The van der Waals surface area contributed by atoms with Gasteiger partial charge < -0.3 is 0 Å². The highest BCUT2D eigenvalue weighted by molar-refractivity contribution is 5.85. The third kappa shape index (κ3) is 2.62. The lowest BCUT2D eigenvalue weighted by Crippen LogP contribution is -1.80. The van der Waals surface area contributed by atoms with Gasteiger partial charge in [0.2, 0.25) is 0 Å². The molecule has 0 spiro atoms. The molecule has 82 valence electrons. The van der Waals surface area contributed by atoms with Crippen LogP contribution in [0.25, 0.3) is 16.5 Å². The van der Waals surface area contributed by atoms with E-state index in [4.69, 9.17) is 6.57 Å². The van der Waals surface area contributed by atoms with Gasteiger partial charge in [-0.2, -0.15) is 0 Å². The van der Waals surface area contributed by atoms with Crippen LogP contribution in [0.1, 0.15) is 18.1 Å². The van der Waals surface area contributed by atoms with Crippen molar-refractivity contribution in [3.8, 4) is 0 Å². The van der Waals surface area contributed by atoms with Gasteiger partial charge >= 0.3 is 0 Å². The van der Waals surface area contributed by atoms with Gasteiger partial charge in [0.15, 0.2) is 5.69 Å². The maximum absolute atomic E-state index is 7.16. The highest BCUT2D eigenvalue weighted by atomic mass is 14.6. The summed E-state index contributed by atoms with van der Waals surface area (Å²) < 4.78 is 0. The Morgan fingerprint density at radius 3 is 2.35 bits per heavy atom. The number of nitrogens with zero attached hydrogens (tertiary/aromatic N) is 1. The summed E-state index contributed by atoms with van der Waals surface area (Å²) in [5.74, 6) is 0. The fourth-order valence-electron chi connectivity index (χ4n) is 1.78. The van der Waals surface area contributed by atoms with E-state index in [1.54, 1.807) is 0 Å². The van der Waals surface area contributed by atoms with Crippen LogP contribution in [0.2, 0.25) is 0 Å². The van der Waals surface area contributed by atoms with Gasteiger partial charge in [-0.3, -0.25) is 0 Å². The Kier molecular flexibility index (Phi) is 3.37. The maximum Gasteiger partial charge on any atom is 0.194 e. The monoisotopic (exact) mass is 219 g/mol. The average molecular weight is 219 g/mol. The molecule has 0 aromatic heterocycles. The molecule has 17 heavy (non-hydrogen) atoms. The highest BCUT2D eigenvalue weighted by Crippen LogP contribution is 2.27. The number of benzene rings is 2. The minimum atomic E-state index is 0.706. The first-order valence-corrected chi connectivity index (χ1v) is 5.51. The highest BCUT2D eigenvalue weighted by Gasteiger charge is 2.02. The molecule has 2 aromatic rings. The first-order valence-electron chi connectivity index (χ1n) is 5.51. The summed E-state index contributed by atoms with van der Waals surface area (Å²) >= 11 is 0. The fourth-order valence-corrected chi connectivity index (χ4v) is 1.78. The Labute approximate surface area is 102 Å². The van der Waals surface area contributed by atoms with Gasteiger partial charge in [0.1, 0.15) is 0 Å². The van der Waals surface area contributed by atoms with E-state index in [-0.39, 0.29) is 0 Å². The summed E-state index contributed by atoms with van der Waals surface area (Å²) in [6.07, 6.45) is 2.10. The molecule has 0 aliphatic rings. The molecule has 1 heteroatoms. The number of rotatable bonds is 2. The molecule has 0 unspecified atom stereocenters. The normalized spacial score (nSPS) is 10.9. The van der Waals surface area contributed by atoms with Crippen LogP contribution < -0.4 is 0 Å². The van der Waals surface area contributed by atoms with Crippen molar-refractivity contribution >= 4 is 17.3 Å². The summed E-state index contributed by atoms with van der Waals surface area (Å²) in [5.41, 5.74) is 3.98. The Morgan fingerprint density at radius 2 is 1.65 bits per heavy atom. The second-order valence-electron chi connectivity index (χ2n) is 3.87. The predicted molar refractivity (Wildman–Crippen MR) is 72.7 cm³/mol. The summed E-state index contributed by atoms with van der Waals surface area (Å²) in [6.45, 7) is 9.19. The van der Waals surface area contributed by atoms with E-state index in [0.717, 1.165) is 16.7 Å². The van der Waals surface area contributed by atoms with Crippen LogP contribution in [-0.4, -0.2) is 0 Å². The van der Waals surface area contributed by atoms with Crippen molar-refractivity contribution in [3.05, 3.63) is 77.1 Å². The van der Waals surface area contributed by atoms with Crippen LogP contribution in [0.5, 0.6) is 0 Å². The molecule has 0 N–H and O–H groups in total. The van der Waals surface area contributed by atoms with Crippen molar-refractivity contribution in [1.29, 1.82) is 0 Å². The Hall–Kier alpha value is -2.33. The molecular formula is C16H13N. The summed E-state index contributed by atoms with van der Waals surface area (Å²) in [4.78, 5) is 3.54. The predicted octanol–water partition coefficient (Wildman–Crippen LogP) is 4.80. The molecule has 0 radical (unpaired) electrons. The van der Waals surface area contributed by atoms with Gasteiger partial charge in [0.05, 0.1) is 6.57 Å². The maximum atomic E-state index is 7.16. The lowest BCUT2D eigenvalue weighted by atomic mass is 10.0. The van der Waals surface area contributed by atoms with E-state index >= 15 is 0 Å². The van der Waals surface area contributed by atoms with Crippen LogP contribution in [0.3, 0.4) is 0 Å². The largest absolute Gasteiger partial charge is 0.238 e. The van der Waals surface area contributed by atoms with Gasteiger partial charge in [0, 0.05) is 0 Å². The first-order chi connectivity index (χ1) is 8.31. The van der Waals surface area contributed by atoms with Crippen molar-refractivity contribution in [1.82, 2.24) is 0 Å². The zero-order chi connectivity index (χ0) is 12.1. The molecule has 0 atom stereocenters. The number of hydrogen-bond acceptors (Lipinski definition) is 0. The van der Waals surface area contributed by atoms with Crippen molar-refractivity contribution in [2.45, 2.75) is 6.92 Å². The molecule has 0 amide bonds. The molecule has 2 rings (SSSR count). The fraction of sp³-hybridized carbons (Fsp3) is 0.0625. The molecule has 0 saturated carbocycles. The van der Waals surface area contributed by atoms with E-state index in [1.807, 2.05) is 49.4 Å². The molecule has 0 bridgehead atoms. The topological polar surface area (TPSA) is 4.36 Å². The van der Waals surface area contributed by atoms with Gasteiger partial charge in [0.25, 0.3) is 0 Å². The van der Waals surface area contributed by atoms with Gasteiger partial charge in [-0.1, -0.05) is 66.2 Å². The molecule has 2 aromatic carbocycles. The average Bonchev–Trinajstić information content (AvgIpc) is 2.40. The quantitative estimate of drug-likeness (QED) is 0.505. The molecule has 1 nitrogen and oxygen atoms in total. The third-order valence-electron chi connectivity index (χ3n) is 2.63. The minimum Gasteiger partial charge on any atom is -0.238 e. The summed E-state index contributed by atoms with van der Waals surface area (Å²) in [5, 5.41) is 0. The number of hydrogen-bond donors (Lipinski definition) is 0. The van der Waals surface area contributed by atoms with Gasteiger partial charge in [-0.25, -0.2) is 4.85 Å². The molecule has 0 aliphatic carbocycles. The second-order valence-corrected chi connectivity index (χ2v) is 3.87. The van der Waals surface area contributed by atoms with E-state index in [0.29, 0.717) is 5.69 Å². The van der Waals surface area contributed by atoms with Crippen molar-refractivity contribution in [2.75, 3.05) is 0 Å². The standard InChI is InChI=1S/C16H13N/c1-13(12-14-8-4-3-5-9-14)15-10-6-7-11-16(15)17-2/h3-12H,1H3/b13-12+. The van der Waals surface area contributed by atoms with Crippen LogP contribution in [0.15, 0.2) is 54.6 Å². The summed E-state index contributed by atoms with van der Waals surface area (Å²) in [6, 6.07) is 17.8. The van der Waals surface area contributed by atoms with Crippen molar-refractivity contribution in [3.63, 3.8) is 0 Å². The smallest absolute Gasteiger partial charge is 0.194 e. The van der Waals surface area contributed by atoms with Crippen LogP contribution >= 0.6 is 0 Å². The zero-order valence-electron chi connectivity index (χ0n) is 9.72. The third-order valence-corrected chi connectivity index (χ3v) is 2.63. The Balaban J connectivity index is 2.41. The van der Waals surface area contributed by atoms with Crippen molar-refractivity contribution in [2.24, 2.45) is 0 Å². The Bertz CT molecular complexity index is 574. The van der Waals surface area contributed by atoms with E-state index in [9.17, 15) is 0 Å². The lowest BCUT2D eigenvalue weighted by Gasteiger charge is -2.04. The van der Waals surface area contributed by atoms with Crippen LogP contribution in [0, 0.1) is 6.57 Å². The molecule has 0 fully saturated rings. The van der Waals surface area contributed by atoms with Crippen LogP contribution in [-0.2, 0) is 0 Å². The first kappa shape index (κ1) is 11.2. The van der Waals surface area contributed by atoms with E-state index < -0.39 is 0 Å². The Morgan fingerprint density at radius 1 is 1.00 bits per heavy atom. The second kappa shape index (κ2) is 5.14. The van der Waals surface area contributed by atoms with E-state index in [2.05, 4.69) is 23.1 Å². The molecule has 0 aliphatic heterocycles. The van der Waals surface area contributed by atoms with Crippen LogP contribution in [0.4, 0.5) is 5.69 Å². The molecule has 0 heterocycles. The molecular weight excluding hydrogens is 206 g/mol. The molecule has 0 saturated heterocycles. The van der Waals surface area contributed by atoms with E-state index in [1.165, 1.54) is 0 Å². The van der Waals surface area contributed by atoms with Gasteiger partial charge in [-0.05, 0) is 18.1 Å². The zero-order valence-corrected chi connectivity index (χ0v) is 9.72. The number of allylic oxidation sites excluding steroid dienone is 1. The minimum absolute atomic E-state index is 0.706. The summed E-state index contributed by atoms with van der Waals surface area (Å²) in [7, 11) is 0. The lowest BCUT2D eigenvalue weighted by molar-refractivity contribution is 1.58. The van der Waals surface area contributed by atoms with Gasteiger partial charge in [-0.15, -0.1) is 0 Å².